The first kappa shape index (κ1) is 20.9. The van der Waals surface area contributed by atoms with Crippen LogP contribution >= 0.6 is 11.8 Å². The molecule has 5 rings (SSSR count). The van der Waals surface area contributed by atoms with E-state index in [-0.39, 0.29) is 17.4 Å². The van der Waals surface area contributed by atoms with Crippen LogP contribution < -0.4 is 5.32 Å². The maximum Gasteiger partial charge on any atom is 0.234 e. The van der Waals surface area contributed by atoms with Crippen molar-refractivity contribution >= 4 is 40.3 Å². The molecule has 0 aliphatic heterocycles. The molecule has 33 heavy (non-hydrogen) atoms. The summed E-state index contributed by atoms with van der Waals surface area (Å²) in [5, 5.41) is 16.7. The molecule has 2 aromatic carbocycles. The Balaban J connectivity index is 1.32. The molecule has 9 heteroatoms. The summed E-state index contributed by atoms with van der Waals surface area (Å²) in [5.74, 6) is -0.00582. The number of hydrogen-bond acceptors (Lipinski definition) is 6. The molecule has 0 spiro atoms. The number of aromatic nitrogens is 5. The highest BCUT2D eigenvalue weighted by Gasteiger charge is 2.14. The number of benzene rings is 2. The number of hydrogen-bond donors (Lipinski definition) is 1. The number of amides is 1. The van der Waals surface area contributed by atoms with Gasteiger partial charge in [-0.2, -0.15) is 5.10 Å². The topological polar surface area (TPSA) is 93.7 Å². The lowest BCUT2D eigenvalue weighted by Gasteiger charge is -2.05. The fraction of sp³-hybridized carbons (Fsp3) is 0.125. The molecule has 0 unspecified atom stereocenters. The van der Waals surface area contributed by atoms with Crippen LogP contribution in [0.25, 0.3) is 22.4 Å². The Bertz CT molecular complexity index is 1490. The van der Waals surface area contributed by atoms with E-state index < -0.39 is 0 Å². The predicted octanol–water partition coefficient (Wildman–Crippen LogP) is 4.29. The van der Waals surface area contributed by atoms with E-state index in [1.807, 2.05) is 35.0 Å². The number of nitrogens with zero attached hydrogens (tertiary/aromatic N) is 5. The summed E-state index contributed by atoms with van der Waals surface area (Å²) in [4.78, 5) is 23.8. The van der Waals surface area contributed by atoms with Gasteiger partial charge in [-0.15, -0.1) is 10.2 Å². The summed E-state index contributed by atoms with van der Waals surface area (Å²) >= 11 is 1.30. The van der Waals surface area contributed by atoms with Crippen molar-refractivity contribution in [3.63, 3.8) is 0 Å². The van der Waals surface area contributed by atoms with Gasteiger partial charge in [-0.3, -0.25) is 14.0 Å². The van der Waals surface area contributed by atoms with Gasteiger partial charge in [0.2, 0.25) is 5.91 Å². The number of aryl methyl sites for hydroxylation is 1. The lowest BCUT2D eigenvalue weighted by Crippen LogP contribution is -2.14. The molecule has 0 saturated heterocycles. The molecule has 8 nitrogen and oxygen atoms in total. The minimum atomic E-state index is -0.167. The normalized spacial score (nSPS) is 11.2. The second-order valence-corrected chi connectivity index (χ2v) is 8.61. The molecule has 3 aromatic heterocycles. The second-order valence-electron chi connectivity index (χ2n) is 7.67. The Kier molecular flexibility index (Phi) is 5.39. The fourth-order valence-electron chi connectivity index (χ4n) is 3.47. The molecule has 1 N–H and O–H groups in total. The molecule has 5 aromatic rings. The van der Waals surface area contributed by atoms with Gasteiger partial charge in [0, 0.05) is 29.2 Å². The van der Waals surface area contributed by atoms with Gasteiger partial charge in [-0.05, 0) is 44.2 Å². The van der Waals surface area contributed by atoms with E-state index >= 15 is 0 Å². The molecule has 0 atom stereocenters. The SMILES string of the molecule is CC(=O)c1ccc(NC(=O)CSc2nnc3c4cc(-c5ccc(C)cc5)nn4ccn23)cc1. The number of rotatable bonds is 6. The highest BCUT2D eigenvalue weighted by molar-refractivity contribution is 7.99. The summed E-state index contributed by atoms with van der Waals surface area (Å²) < 4.78 is 3.64. The monoisotopic (exact) mass is 456 g/mol. The van der Waals surface area contributed by atoms with Gasteiger partial charge in [0.25, 0.3) is 0 Å². The van der Waals surface area contributed by atoms with Gasteiger partial charge in [-0.25, -0.2) is 4.52 Å². The van der Waals surface area contributed by atoms with Crippen molar-refractivity contribution in [2.45, 2.75) is 19.0 Å². The van der Waals surface area contributed by atoms with Crippen molar-refractivity contribution < 1.29 is 9.59 Å². The maximum atomic E-state index is 12.4. The molecule has 0 aliphatic carbocycles. The maximum absolute atomic E-state index is 12.4. The Hall–Kier alpha value is -3.98. The Labute approximate surface area is 193 Å². The number of carbonyl (C=O) groups excluding carboxylic acids is 2. The number of anilines is 1. The van der Waals surface area contributed by atoms with E-state index in [0.717, 1.165) is 16.8 Å². The van der Waals surface area contributed by atoms with E-state index in [4.69, 9.17) is 0 Å². The van der Waals surface area contributed by atoms with Gasteiger partial charge < -0.3 is 5.32 Å². The zero-order valence-corrected chi connectivity index (χ0v) is 18.8. The molecule has 0 bridgehead atoms. The highest BCUT2D eigenvalue weighted by Crippen LogP contribution is 2.24. The van der Waals surface area contributed by atoms with Crippen LogP contribution in [-0.2, 0) is 4.79 Å². The van der Waals surface area contributed by atoms with Gasteiger partial charge in [0.1, 0.15) is 5.52 Å². The molecule has 0 aliphatic rings. The molecule has 0 saturated carbocycles. The minimum absolute atomic E-state index is 0.0135. The first-order chi connectivity index (χ1) is 16.0. The van der Waals surface area contributed by atoms with Gasteiger partial charge in [-0.1, -0.05) is 41.6 Å². The molecule has 0 radical (unpaired) electrons. The first-order valence-electron chi connectivity index (χ1n) is 10.3. The van der Waals surface area contributed by atoms with Crippen LogP contribution in [-0.4, -0.2) is 41.7 Å². The number of Topliss-reactive ketones (excluding diaryl/α,β-unsaturated/α-hetero) is 1. The molecular weight excluding hydrogens is 436 g/mol. The summed E-state index contributed by atoms with van der Waals surface area (Å²) in [6, 6.07) is 17.0. The number of ketones is 1. The summed E-state index contributed by atoms with van der Waals surface area (Å²) in [6.07, 6.45) is 3.69. The Morgan fingerprint density at radius 3 is 2.48 bits per heavy atom. The van der Waals surface area contributed by atoms with Crippen molar-refractivity contribution in [3.8, 4) is 11.3 Å². The largest absolute Gasteiger partial charge is 0.325 e. The van der Waals surface area contributed by atoms with Crippen LogP contribution in [0.3, 0.4) is 0 Å². The Morgan fingerprint density at radius 1 is 1.00 bits per heavy atom. The molecule has 0 fully saturated rings. The van der Waals surface area contributed by atoms with Crippen molar-refractivity contribution in [1.82, 2.24) is 24.2 Å². The quantitative estimate of drug-likeness (QED) is 0.303. The van der Waals surface area contributed by atoms with Crippen LogP contribution in [0.5, 0.6) is 0 Å². The fourth-order valence-corrected chi connectivity index (χ4v) is 4.19. The van der Waals surface area contributed by atoms with Crippen LogP contribution in [0.1, 0.15) is 22.8 Å². The number of fused-ring (bicyclic) bond motifs is 3. The van der Waals surface area contributed by atoms with Crippen LogP contribution in [0.2, 0.25) is 0 Å². The van der Waals surface area contributed by atoms with Crippen molar-refractivity contribution in [3.05, 3.63) is 78.1 Å². The third-order valence-corrected chi connectivity index (χ3v) is 6.18. The van der Waals surface area contributed by atoms with Gasteiger partial charge in [0.15, 0.2) is 16.6 Å². The first-order valence-corrected chi connectivity index (χ1v) is 11.3. The van der Waals surface area contributed by atoms with E-state index in [1.165, 1.54) is 24.2 Å². The van der Waals surface area contributed by atoms with Crippen molar-refractivity contribution in [1.29, 1.82) is 0 Å². The van der Waals surface area contributed by atoms with Gasteiger partial charge >= 0.3 is 0 Å². The molecule has 164 valence electrons. The van der Waals surface area contributed by atoms with E-state index in [2.05, 4.69) is 39.7 Å². The van der Waals surface area contributed by atoms with Crippen molar-refractivity contribution in [2.75, 3.05) is 11.1 Å². The molecule has 1 amide bonds. The lowest BCUT2D eigenvalue weighted by molar-refractivity contribution is -0.113. The summed E-state index contributed by atoms with van der Waals surface area (Å²) in [6.45, 7) is 3.56. The van der Waals surface area contributed by atoms with E-state index in [9.17, 15) is 9.59 Å². The number of thioether (sulfide) groups is 1. The van der Waals surface area contributed by atoms with E-state index in [1.54, 1.807) is 28.8 Å². The number of nitrogens with one attached hydrogen (secondary N) is 1. The average Bonchev–Trinajstić information content (AvgIpc) is 3.42. The van der Waals surface area contributed by atoms with E-state index in [0.29, 0.717) is 22.1 Å². The van der Waals surface area contributed by atoms with Crippen LogP contribution in [0, 0.1) is 6.92 Å². The summed E-state index contributed by atoms with van der Waals surface area (Å²) in [7, 11) is 0. The average molecular weight is 457 g/mol. The summed E-state index contributed by atoms with van der Waals surface area (Å²) in [5.41, 5.74) is 5.84. The van der Waals surface area contributed by atoms with Crippen LogP contribution in [0.15, 0.2) is 72.1 Å². The molecular formula is C24H20N6O2S. The molecule has 3 heterocycles. The zero-order valence-electron chi connectivity index (χ0n) is 18.0. The number of carbonyl (C=O) groups is 2. The highest BCUT2D eigenvalue weighted by atomic mass is 32.2. The Morgan fingerprint density at radius 2 is 1.76 bits per heavy atom. The second kappa shape index (κ2) is 8.51. The standard InChI is InChI=1S/C24H20N6O2S/c1-15-3-5-18(6-4-15)20-13-21-23-26-27-24(29(23)11-12-30(21)28-20)33-14-22(32)25-19-9-7-17(8-10-19)16(2)31/h3-13H,14H2,1-2H3,(H,25,32). The lowest BCUT2D eigenvalue weighted by atomic mass is 10.1. The van der Waals surface area contributed by atoms with Gasteiger partial charge in [0.05, 0.1) is 11.4 Å². The van der Waals surface area contributed by atoms with Crippen LogP contribution in [0.4, 0.5) is 5.69 Å². The smallest absolute Gasteiger partial charge is 0.234 e. The van der Waals surface area contributed by atoms with Crippen molar-refractivity contribution in [2.24, 2.45) is 0 Å². The zero-order chi connectivity index (χ0) is 22.9. The third-order valence-electron chi connectivity index (χ3n) is 5.24. The predicted molar refractivity (Wildman–Crippen MR) is 128 cm³/mol. The third kappa shape index (κ3) is 4.22. The minimum Gasteiger partial charge on any atom is -0.325 e.